The van der Waals surface area contributed by atoms with Gasteiger partial charge in [0.05, 0.1) is 32.0 Å². The molecule has 0 aromatic rings. The Kier molecular flexibility index (Phi) is 8.59. The Morgan fingerprint density at radius 2 is 1.78 bits per heavy atom. The second-order valence-electron chi connectivity index (χ2n) is 4.98. The highest BCUT2D eigenvalue weighted by molar-refractivity contribution is 4.65. The Balaban J connectivity index is 2.04. The van der Waals surface area contributed by atoms with Gasteiger partial charge in [0.25, 0.3) is 0 Å². The predicted octanol–water partition coefficient (Wildman–Crippen LogP) is 2.75. The second kappa shape index (κ2) is 9.73. The first-order valence-electron chi connectivity index (χ1n) is 7.10. The van der Waals surface area contributed by atoms with Crippen molar-refractivity contribution >= 4 is 0 Å². The summed E-state index contributed by atoms with van der Waals surface area (Å²) in [5.41, 5.74) is 0. The van der Waals surface area contributed by atoms with Crippen molar-refractivity contribution in [3.05, 3.63) is 0 Å². The van der Waals surface area contributed by atoms with Gasteiger partial charge in [-0.2, -0.15) is 0 Å². The fourth-order valence-corrected chi connectivity index (χ4v) is 2.26. The third kappa shape index (κ3) is 7.31. The van der Waals surface area contributed by atoms with Crippen molar-refractivity contribution in [2.45, 2.75) is 64.4 Å². The number of ether oxygens (including phenoxy) is 4. The summed E-state index contributed by atoms with van der Waals surface area (Å²) in [4.78, 5) is 0. The second-order valence-corrected chi connectivity index (χ2v) is 4.98. The van der Waals surface area contributed by atoms with Gasteiger partial charge < -0.3 is 18.9 Å². The number of hydrogen-bond donors (Lipinski definition) is 0. The Morgan fingerprint density at radius 3 is 2.44 bits per heavy atom. The van der Waals surface area contributed by atoms with E-state index in [1.807, 2.05) is 13.8 Å². The highest BCUT2D eigenvalue weighted by Crippen LogP contribution is 2.21. The van der Waals surface area contributed by atoms with Gasteiger partial charge in [-0.05, 0) is 26.7 Å². The maximum atomic E-state index is 5.89. The molecule has 0 aliphatic heterocycles. The van der Waals surface area contributed by atoms with Crippen molar-refractivity contribution in [3.8, 4) is 0 Å². The molecule has 2 unspecified atom stereocenters. The van der Waals surface area contributed by atoms with Crippen molar-refractivity contribution < 1.29 is 18.9 Å². The smallest absolute Gasteiger partial charge is 0.155 e. The molecule has 0 spiro atoms. The van der Waals surface area contributed by atoms with Gasteiger partial charge in [0.1, 0.15) is 0 Å². The highest BCUT2D eigenvalue weighted by atomic mass is 16.7. The molecule has 0 bridgehead atoms. The molecule has 0 aromatic carbocycles. The van der Waals surface area contributed by atoms with E-state index < -0.39 is 0 Å². The Bertz CT molecular complexity index is 192. The molecule has 0 amide bonds. The Hall–Kier alpha value is -0.160. The van der Waals surface area contributed by atoms with Crippen molar-refractivity contribution in [2.75, 3.05) is 26.9 Å². The maximum Gasteiger partial charge on any atom is 0.155 e. The van der Waals surface area contributed by atoms with E-state index in [2.05, 4.69) is 0 Å². The molecule has 108 valence electrons. The molecule has 1 fully saturated rings. The van der Waals surface area contributed by atoms with Crippen LogP contribution in [0.4, 0.5) is 0 Å². The molecule has 4 heteroatoms. The summed E-state index contributed by atoms with van der Waals surface area (Å²) in [6, 6.07) is 0. The van der Waals surface area contributed by atoms with E-state index in [4.69, 9.17) is 18.9 Å². The van der Waals surface area contributed by atoms with Crippen molar-refractivity contribution in [1.82, 2.24) is 0 Å². The first kappa shape index (κ1) is 15.9. The minimum atomic E-state index is -0.144. The molecule has 1 aliphatic rings. The molecule has 4 nitrogen and oxygen atoms in total. The molecular formula is C14H28O4. The van der Waals surface area contributed by atoms with Crippen LogP contribution in [0.5, 0.6) is 0 Å². The normalized spacial score (nSPS) is 20.8. The van der Waals surface area contributed by atoms with Crippen LogP contribution in [0.2, 0.25) is 0 Å². The Morgan fingerprint density at radius 1 is 1.06 bits per heavy atom. The van der Waals surface area contributed by atoms with Gasteiger partial charge in [0.2, 0.25) is 0 Å². The van der Waals surface area contributed by atoms with E-state index in [0.29, 0.717) is 25.9 Å². The number of hydrogen-bond acceptors (Lipinski definition) is 4. The summed E-state index contributed by atoms with van der Waals surface area (Å²) in [7, 11) is 1.67. The lowest BCUT2D eigenvalue weighted by atomic mass is 9.98. The first-order chi connectivity index (χ1) is 8.72. The van der Waals surface area contributed by atoms with Crippen LogP contribution in [0.25, 0.3) is 0 Å². The highest BCUT2D eigenvalue weighted by Gasteiger charge is 2.18. The van der Waals surface area contributed by atoms with Crippen LogP contribution >= 0.6 is 0 Å². The third-order valence-electron chi connectivity index (χ3n) is 3.14. The van der Waals surface area contributed by atoms with Crippen molar-refractivity contribution in [1.29, 1.82) is 0 Å². The average molecular weight is 260 g/mol. The van der Waals surface area contributed by atoms with E-state index in [1.165, 1.54) is 32.1 Å². The monoisotopic (exact) mass is 260 g/mol. The molecule has 1 saturated carbocycles. The lowest BCUT2D eigenvalue weighted by Gasteiger charge is -2.27. The molecule has 18 heavy (non-hydrogen) atoms. The van der Waals surface area contributed by atoms with Gasteiger partial charge in [-0.15, -0.1) is 0 Å². The maximum absolute atomic E-state index is 5.89. The number of methoxy groups -OCH3 is 1. The van der Waals surface area contributed by atoms with E-state index in [1.54, 1.807) is 7.11 Å². The zero-order valence-electron chi connectivity index (χ0n) is 12.0. The summed E-state index contributed by atoms with van der Waals surface area (Å²) in [6.07, 6.45) is 6.56. The minimum Gasteiger partial charge on any atom is -0.382 e. The first-order valence-corrected chi connectivity index (χ1v) is 7.10. The summed E-state index contributed by atoms with van der Waals surface area (Å²) >= 11 is 0. The topological polar surface area (TPSA) is 36.9 Å². The third-order valence-corrected chi connectivity index (χ3v) is 3.14. The quantitative estimate of drug-likeness (QED) is 0.472. The number of rotatable bonds is 9. The summed E-state index contributed by atoms with van der Waals surface area (Å²) < 4.78 is 22.0. The van der Waals surface area contributed by atoms with Crippen LogP contribution < -0.4 is 0 Å². The lowest BCUT2D eigenvalue weighted by molar-refractivity contribution is -0.195. The molecule has 0 radical (unpaired) electrons. The molecule has 0 N–H and O–H groups in total. The average Bonchev–Trinajstić information content (AvgIpc) is 2.35. The molecule has 1 aliphatic carbocycles. The van der Waals surface area contributed by atoms with Crippen LogP contribution in [-0.2, 0) is 18.9 Å². The van der Waals surface area contributed by atoms with Crippen molar-refractivity contribution in [3.63, 3.8) is 0 Å². The predicted molar refractivity (Wildman–Crippen MR) is 70.7 cm³/mol. The zero-order chi connectivity index (χ0) is 13.2. The largest absolute Gasteiger partial charge is 0.382 e. The summed E-state index contributed by atoms with van der Waals surface area (Å²) in [5.74, 6) is 0. The van der Waals surface area contributed by atoms with Gasteiger partial charge in [-0.1, -0.05) is 19.3 Å². The minimum absolute atomic E-state index is 0.0560. The fraction of sp³-hybridized carbons (Fsp3) is 1.00. The molecule has 0 saturated heterocycles. The lowest BCUT2D eigenvalue weighted by Crippen LogP contribution is -2.29. The van der Waals surface area contributed by atoms with Gasteiger partial charge in [-0.25, -0.2) is 0 Å². The molecular weight excluding hydrogens is 232 g/mol. The summed E-state index contributed by atoms with van der Waals surface area (Å²) in [5, 5.41) is 0. The Labute approximate surface area is 111 Å². The standard InChI is InChI=1S/C14H28O4/c1-12(11-16-10-9-15-3)17-13(2)18-14-7-5-4-6-8-14/h12-14H,4-11H2,1-3H3. The van der Waals surface area contributed by atoms with E-state index in [-0.39, 0.29) is 12.4 Å². The molecule has 0 heterocycles. The fourth-order valence-electron chi connectivity index (χ4n) is 2.26. The van der Waals surface area contributed by atoms with E-state index >= 15 is 0 Å². The van der Waals surface area contributed by atoms with Gasteiger partial charge >= 0.3 is 0 Å². The molecule has 2 atom stereocenters. The van der Waals surface area contributed by atoms with Crippen LogP contribution in [0.3, 0.4) is 0 Å². The van der Waals surface area contributed by atoms with Crippen LogP contribution in [0.1, 0.15) is 46.0 Å². The molecule has 0 aromatic heterocycles. The van der Waals surface area contributed by atoms with Gasteiger partial charge in [-0.3, -0.25) is 0 Å². The molecule has 1 rings (SSSR count). The van der Waals surface area contributed by atoms with E-state index in [0.717, 1.165) is 0 Å². The zero-order valence-corrected chi connectivity index (χ0v) is 12.0. The van der Waals surface area contributed by atoms with Crippen LogP contribution in [0, 0.1) is 0 Å². The van der Waals surface area contributed by atoms with Crippen molar-refractivity contribution in [2.24, 2.45) is 0 Å². The van der Waals surface area contributed by atoms with Crippen LogP contribution in [-0.4, -0.2) is 45.4 Å². The summed E-state index contributed by atoms with van der Waals surface area (Å²) in [6.45, 7) is 5.80. The van der Waals surface area contributed by atoms with E-state index in [9.17, 15) is 0 Å². The van der Waals surface area contributed by atoms with Gasteiger partial charge in [0.15, 0.2) is 6.29 Å². The SMILES string of the molecule is COCCOCC(C)OC(C)OC1CCCCC1. The van der Waals surface area contributed by atoms with Crippen LogP contribution in [0.15, 0.2) is 0 Å². The van der Waals surface area contributed by atoms with Gasteiger partial charge in [0, 0.05) is 7.11 Å².